The highest BCUT2D eigenvalue weighted by atomic mass is 32.2. The summed E-state index contributed by atoms with van der Waals surface area (Å²) in [5, 5.41) is 0. The van der Waals surface area contributed by atoms with Gasteiger partial charge in [-0.2, -0.15) is 4.31 Å². The van der Waals surface area contributed by atoms with Crippen LogP contribution in [-0.4, -0.2) is 39.0 Å². The molecule has 0 spiro atoms. The highest BCUT2D eigenvalue weighted by Crippen LogP contribution is 2.22. The zero-order chi connectivity index (χ0) is 13.9. The molecule has 0 bridgehead atoms. The fourth-order valence-electron chi connectivity index (χ4n) is 2.35. The van der Waals surface area contributed by atoms with E-state index in [9.17, 15) is 8.42 Å². The molecule has 0 N–H and O–H groups in total. The van der Waals surface area contributed by atoms with Gasteiger partial charge in [0, 0.05) is 20.2 Å². The van der Waals surface area contributed by atoms with Crippen LogP contribution in [0.15, 0.2) is 29.2 Å². The van der Waals surface area contributed by atoms with Gasteiger partial charge in [-0.3, -0.25) is 0 Å². The third kappa shape index (κ3) is 3.16. The number of benzene rings is 1. The Balaban J connectivity index is 2.13. The Morgan fingerprint density at radius 1 is 1.21 bits per heavy atom. The van der Waals surface area contributed by atoms with E-state index >= 15 is 0 Å². The van der Waals surface area contributed by atoms with Crippen LogP contribution in [0.2, 0.25) is 0 Å². The molecule has 1 aliphatic heterocycles. The van der Waals surface area contributed by atoms with Gasteiger partial charge in [0.25, 0.3) is 0 Å². The van der Waals surface area contributed by atoms with Crippen LogP contribution in [0.4, 0.5) is 0 Å². The van der Waals surface area contributed by atoms with E-state index in [0.717, 1.165) is 24.8 Å². The molecule has 4 nitrogen and oxygen atoms in total. The molecule has 0 atom stereocenters. The van der Waals surface area contributed by atoms with Crippen molar-refractivity contribution in [3.8, 4) is 0 Å². The molecule has 2 rings (SSSR count). The van der Waals surface area contributed by atoms with Crippen molar-refractivity contribution in [3.05, 3.63) is 29.8 Å². The standard InChI is InChI=1S/C14H21NO3S/c1-3-12-4-6-14(7-5-12)19(16,17)15-10-8-13(18-2)9-11-15/h4-7,13H,3,8-11H2,1-2H3. The first-order chi connectivity index (χ1) is 9.07. The Morgan fingerprint density at radius 2 is 1.79 bits per heavy atom. The summed E-state index contributed by atoms with van der Waals surface area (Å²) in [6, 6.07) is 7.18. The van der Waals surface area contributed by atoms with Gasteiger partial charge in [0.05, 0.1) is 11.0 Å². The summed E-state index contributed by atoms with van der Waals surface area (Å²) < 4.78 is 31.8. The second kappa shape index (κ2) is 6.03. The minimum absolute atomic E-state index is 0.189. The summed E-state index contributed by atoms with van der Waals surface area (Å²) in [5.74, 6) is 0. The predicted octanol–water partition coefficient (Wildman–Crippen LogP) is 2.05. The molecule has 5 heteroatoms. The molecule has 0 amide bonds. The first-order valence-electron chi connectivity index (χ1n) is 6.69. The summed E-state index contributed by atoms with van der Waals surface area (Å²) in [6.45, 7) is 3.13. The first-order valence-corrected chi connectivity index (χ1v) is 8.14. The van der Waals surface area contributed by atoms with Gasteiger partial charge < -0.3 is 4.74 Å². The molecule has 1 fully saturated rings. The molecule has 19 heavy (non-hydrogen) atoms. The van der Waals surface area contributed by atoms with Crippen LogP contribution in [0.25, 0.3) is 0 Å². The molecule has 0 radical (unpaired) electrons. The Hall–Kier alpha value is -0.910. The van der Waals surface area contributed by atoms with Crippen molar-refractivity contribution in [2.24, 2.45) is 0 Å². The number of hydrogen-bond donors (Lipinski definition) is 0. The van der Waals surface area contributed by atoms with Gasteiger partial charge in [0.15, 0.2) is 0 Å². The lowest BCUT2D eigenvalue weighted by Gasteiger charge is -2.30. The van der Waals surface area contributed by atoms with Crippen molar-refractivity contribution in [2.75, 3.05) is 20.2 Å². The Kier molecular flexibility index (Phi) is 4.60. The van der Waals surface area contributed by atoms with Crippen molar-refractivity contribution >= 4 is 10.0 Å². The number of sulfonamides is 1. The number of piperidine rings is 1. The van der Waals surface area contributed by atoms with E-state index in [1.54, 1.807) is 23.5 Å². The average molecular weight is 283 g/mol. The lowest BCUT2D eigenvalue weighted by molar-refractivity contribution is 0.0604. The summed E-state index contributed by atoms with van der Waals surface area (Å²) >= 11 is 0. The molecule has 1 aromatic rings. The SMILES string of the molecule is CCc1ccc(S(=O)(=O)N2CCC(OC)CC2)cc1. The van der Waals surface area contributed by atoms with Gasteiger partial charge >= 0.3 is 0 Å². The smallest absolute Gasteiger partial charge is 0.243 e. The number of ether oxygens (including phenoxy) is 1. The van der Waals surface area contributed by atoms with Crippen molar-refractivity contribution in [1.29, 1.82) is 0 Å². The van der Waals surface area contributed by atoms with E-state index in [1.165, 1.54) is 0 Å². The zero-order valence-corrected chi connectivity index (χ0v) is 12.3. The van der Waals surface area contributed by atoms with Gasteiger partial charge in [-0.05, 0) is 37.0 Å². The van der Waals surface area contributed by atoms with Crippen LogP contribution in [0.3, 0.4) is 0 Å². The molecule has 1 aliphatic rings. The first kappa shape index (κ1) is 14.5. The number of methoxy groups -OCH3 is 1. The Morgan fingerprint density at radius 3 is 2.26 bits per heavy atom. The van der Waals surface area contributed by atoms with E-state index in [4.69, 9.17) is 4.74 Å². The summed E-state index contributed by atoms with van der Waals surface area (Å²) in [6.07, 6.45) is 2.64. The number of rotatable bonds is 4. The van der Waals surface area contributed by atoms with Crippen LogP contribution in [0.5, 0.6) is 0 Å². The predicted molar refractivity (Wildman–Crippen MR) is 74.6 cm³/mol. The van der Waals surface area contributed by atoms with Crippen LogP contribution < -0.4 is 0 Å². The van der Waals surface area contributed by atoms with Crippen molar-refractivity contribution in [2.45, 2.75) is 37.2 Å². The fraction of sp³-hybridized carbons (Fsp3) is 0.571. The van der Waals surface area contributed by atoms with Crippen molar-refractivity contribution in [1.82, 2.24) is 4.31 Å². The Labute approximate surface area is 115 Å². The number of nitrogens with zero attached hydrogens (tertiary/aromatic N) is 1. The third-order valence-electron chi connectivity index (χ3n) is 3.70. The van der Waals surface area contributed by atoms with Gasteiger partial charge in [-0.25, -0.2) is 8.42 Å². The topological polar surface area (TPSA) is 46.6 Å². The zero-order valence-electron chi connectivity index (χ0n) is 11.5. The van der Waals surface area contributed by atoms with Crippen LogP contribution >= 0.6 is 0 Å². The van der Waals surface area contributed by atoms with E-state index in [0.29, 0.717) is 18.0 Å². The van der Waals surface area contributed by atoms with Crippen LogP contribution in [0, 0.1) is 0 Å². The minimum Gasteiger partial charge on any atom is -0.381 e. The quantitative estimate of drug-likeness (QED) is 0.849. The van der Waals surface area contributed by atoms with E-state index < -0.39 is 10.0 Å². The van der Waals surface area contributed by atoms with Crippen molar-refractivity contribution < 1.29 is 13.2 Å². The average Bonchev–Trinajstić information content (AvgIpc) is 2.47. The molecular weight excluding hydrogens is 262 g/mol. The second-order valence-electron chi connectivity index (χ2n) is 4.84. The molecule has 1 heterocycles. The van der Waals surface area contributed by atoms with E-state index in [2.05, 4.69) is 6.92 Å². The van der Waals surface area contributed by atoms with Crippen LogP contribution in [0.1, 0.15) is 25.3 Å². The monoisotopic (exact) mass is 283 g/mol. The normalized spacial score (nSPS) is 18.6. The highest BCUT2D eigenvalue weighted by molar-refractivity contribution is 7.89. The number of aryl methyl sites for hydroxylation is 1. The van der Waals surface area contributed by atoms with Gasteiger partial charge in [-0.1, -0.05) is 19.1 Å². The fourth-order valence-corrected chi connectivity index (χ4v) is 3.82. The Bertz CT molecular complexity index is 502. The maximum Gasteiger partial charge on any atom is 0.243 e. The van der Waals surface area contributed by atoms with Gasteiger partial charge in [0.2, 0.25) is 10.0 Å². The summed E-state index contributed by atoms with van der Waals surface area (Å²) in [4.78, 5) is 0.389. The minimum atomic E-state index is -3.34. The molecular formula is C14H21NO3S. The third-order valence-corrected chi connectivity index (χ3v) is 5.62. The maximum atomic E-state index is 12.5. The van der Waals surface area contributed by atoms with Gasteiger partial charge in [0.1, 0.15) is 0 Å². The van der Waals surface area contributed by atoms with Crippen LogP contribution in [-0.2, 0) is 21.2 Å². The lowest BCUT2D eigenvalue weighted by Crippen LogP contribution is -2.40. The summed E-state index contributed by atoms with van der Waals surface area (Å²) in [7, 11) is -1.66. The van der Waals surface area contributed by atoms with E-state index in [-0.39, 0.29) is 6.10 Å². The number of hydrogen-bond acceptors (Lipinski definition) is 3. The summed E-state index contributed by atoms with van der Waals surface area (Å²) in [5.41, 5.74) is 1.15. The van der Waals surface area contributed by atoms with E-state index in [1.807, 2.05) is 12.1 Å². The lowest BCUT2D eigenvalue weighted by atomic mass is 10.1. The largest absolute Gasteiger partial charge is 0.381 e. The molecule has 0 unspecified atom stereocenters. The maximum absolute atomic E-state index is 12.5. The van der Waals surface area contributed by atoms with Gasteiger partial charge in [-0.15, -0.1) is 0 Å². The molecule has 1 aromatic carbocycles. The molecule has 0 saturated carbocycles. The molecule has 106 valence electrons. The highest BCUT2D eigenvalue weighted by Gasteiger charge is 2.29. The molecule has 1 saturated heterocycles. The molecule has 0 aromatic heterocycles. The molecule has 0 aliphatic carbocycles. The van der Waals surface area contributed by atoms with Crippen molar-refractivity contribution in [3.63, 3.8) is 0 Å². The second-order valence-corrected chi connectivity index (χ2v) is 6.77.